The van der Waals surface area contributed by atoms with E-state index in [-0.39, 0.29) is 11.6 Å². The van der Waals surface area contributed by atoms with Gasteiger partial charge in [0.2, 0.25) is 0 Å². The van der Waals surface area contributed by atoms with E-state index in [0.29, 0.717) is 0 Å². The van der Waals surface area contributed by atoms with E-state index in [1.807, 2.05) is 0 Å². The molecular formula is C14H16FNO3. The second-order valence-corrected chi connectivity index (χ2v) is 4.94. The third-order valence-corrected chi connectivity index (χ3v) is 3.30. The summed E-state index contributed by atoms with van der Waals surface area (Å²) in [7, 11) is 0. The zero-order valence-corrected chi connectivity index (χ0v) is 10.9. The van der Waals surface area contributed by atoms with Gasteiger partial charge in [-0.2, -0.15) is 0 Å². The highest BCUT2D eigenvalue weighted by Gasteiger charge is 2.39. The van der Waals surface area contributed by atoms with Gasteiger partial charge >= 0.3 is 5.97 Å². The lowest BCUT2D eigenvalue weighted by molar-refractivity contribution is -0.141. The molecule has 0 bridgehead atoms. The minimum atomic E-state index is -1.08. The van der Waals surface area contributed by atoms with Crippen molar-refractivity contribution in [3.8, 4) is 0 Å². The van der Waals surface area contributed by atoms with Crippen molar-refractivity contribution in [3.63, 3.8) is 0 Å². The largest absolute Gasteiger partial charge is 0.480 e. The van der Waals surface area contributed by atoms with Crippen molar-refractivity contribution in [2.75, 3.05) is 0 Å². The number of amides is 1. The van der Waals surface area contributed by atoms with Gasteiger partial charge in [-0.15, -0.1) is 0 Å². The summed E-state index contributed by atoms with van der Waals surface area (Å²) in [6.07, 6.45) is 1.55. The van der Waals surface area contributed by atoms with Gasteiger partial charge in [0.15, 0.2) is 0 Å². The lowest BCUT2D eigenvalue weighted by Crippen LogP contribution is -2.45. The van der Waals surface area contributed by atoms with E-state index in [0.717, 1.165) is 18.4 Å². The Kier molecular flexibility index (Phi) is 3.55. The summed E-state index contributed by atoms with van der Waals surface area (Å²) in [5, 5.41) is 9.06. The molecule has 0 heterocycles. The van der Waals surface area contributed by atoms with Crippen molar-refractivity contribution in [1.29, 1.82) is 0 Å². The highest BCUT2D eigenvalue weighted by molar-refractivity contribution is 5.97. The number of rotatable bonds is 4. The van der Waals surface area contributed by atoms with E-state index in [4.69, 9.17) is 5.11 Å². The first-order valence-corrected chi connectivity index (χ1v) is 6.23. The van der Waals surface area contributed by atoms with Crippen LogP contribution in [0, 0.1) is 12.7 Å². The normalized spacial score (nSPS) is 15.9. The molecule has 1 saturated carbocycles. The molecule has 5 heteroatoms. The third-order valence-electron chi connectivity index (χ3n) is 3.30. The van der Waals surface area contributed by atoms with E-state index in [9.17, 15) is 14.0 Å². The monoisotopic (exact) mass is 265 g/mol. The van der Waals surface area contributed by atoms with E-state index >= 15 is 0 Å². The second-order valence-electron chi connectivity index (χ2n) is 4.94. The maximum absolute atomic E-state index is 13.7. The predicted octanol–water partition coefficient (Wildman–Crippen LogP) is 2.21. The number of carbonyl (C=O) groups excluding carboxylic acids is 1. The average molecular weight is 265 g/mol. The molecule has 0 saturated heterocycles. The Balaban J connectivity index is 2.34. The highest BCUT2D eigenvalue weighted by Crippen LogP contribution is 2.30. The van der Waals surface area contributed by atoms with Crippen molar-refractivity contribution in [3.05, 3.63) is 35.1 Å². The molecule has 4 nitrogen and oxygen atoms in total. The van der Waals surface area contributed by atoms with Crippen LogP contribution in [-0.2, 0) is 4.79 Å². The van der Waals surface area contributed by atoms with Gasteiger partial charge in [0.05, 0.1) is 5.56 Å². The first-order valence-electron chi connectivity index (χ1n) is 6.23. The van der Waals surface area contributed by atoms with E-state index < -0.39 is 23.7 Å². The van der Waals surface area contributed by atoms with Gasteiger partial charge in [0, 0.05) is 6.04 Å². The lowest BCUT2D eigenvalue weighted by Gasteiger charge is -2.26. The predicted molar refractivity (Wildman–Crippen MR) is 67.4 cm³/mol. The Morgan fingerprint density at radius 1 is 1.42 bits per heavy atom. The van der Waals surface area contributed by atoms with Gasteiger partial charge in [-0.3, -0.25) is 4.79 Å². The number of benzene rings is 1. The molecule has 0 aliphatic heterocycles. The quantitative estimate of drug-likeness (QED) is 0.908. The van der Waals surface area contributed by atoms with E-state index in [1.165, 1.54) is 24.0 Å². The number of carboxylic acid groups (broad SMARTS) is 1. The fraction of sp³-hybridized carbons (Fsp3) is 0.429. The van der Waals surface area contributed by atoms with Crippen LogP contribution in [0.15, 0.2) is 18.2 Å². The summed E-state index contributed by atoms with van der Waals surface area (Å²) in [5.41, 5.74) is 0.712. The molecule has 1 aromatic carbocycles. The fourth-order valence-corrected chi connectivity index (χ4v) is 2.07. The van der Waals surface area contributed by atoms with Crippen LogP contribution in [0.4, 0.5) is 4.39 Å². The molecule has 1 unspecified atom stereocenters. The van der Waals surface area contributed by atoms with Crippen LogP contribution >= 0.6 is 0 Å². The number of aliphatic carboxylic acids is 1. The molecule has 1 aromatic rings. The molecule has 1 atom stereocenters. The van der Waals surface area contributed by atoms with Crippen molar-refractivity contribution in [2.24, 2.45) is 0 Å². The Bertz CT molecular complexity index is 525. The minimum absolute atomic E-state index is 0.0556. The number of hydrogen-bond donors (Lipinski definition) is 1. The Labute approximate surface area is 110 Å². The Hall–Kier alpha value is -1.91. The summed E-state index contributed by atoms with van der Waals surface area (Å²) >= 11 is 0. The zero-order chi connectivity index (χ0) is 14.2. The van der Waals surface area contributed by atoms with Gasteiger partial charge in [-0.1, -0.05) is 11.6 Å². The van der Waals surface area contributed by atoms with Gasteiger partial charge in [-0.25, -0.2) is 9.18 Å². The van der Waals surface area contributed by atoms with Gasteiger partial charge in [0.1, 0.15) is 11.9 Å². The van der Waals surface area contributed by atoms with Crippen molar-refractivity contribution < 1.29 is 19.1 Å². The topological polar surface area (TPSA) is 57.6 Å². The van der Waals surface area contributed by atoms with Gasteiger partial charge < -0.3 is 10.0 Å². The molecule has 19 heavy (non-hydrogen) atoms. The molecular weight excluding hydrogens is 249 g/mol. The number of carboxylic acids is 1. The van der Waals surface area contributed by atoms with Crippen LogP contribution in [0.2, 0.25) is 0 Å². The van der Waals surface area contributed by atoms with E-state index in [1.54, 1.807) is 13.0 Å². The first kappa shape index (κ1) is 13.5. The maximum Gasteiger partial charge on any atom is 0.326 e. The Morgan fingerprint density at radius 2 is 2.05 bits per heavy atom. The third kappa shape index (κ3) is 2.75. The van der Waals surface area contributed by atoms with Crippen LogP contribution in [0.1, 0.15) is 35.7 Å². The van der Waals surface area contributed by atoms with E-state index in [2.05, 4.69) is 0 Å². The van der Waals surface area contributed by atoms with Crippen LogP contribution < -0.4 is 0 Å². The molecule has 1 N–H and O–H groups in total. The van der Waals surface area contributed by atoms with Crippen molar-refractivity contribution in [1.82, 2.24) is 4.90 Å². The molecule has 1 aliphatic rings. The maximum atomic E-state index is 13.7. The van der Waals surface area contributed by atoms with Crippen LogP contribution in [0.25, 0.3) is 0 Å². The molecule has 1 amide bonds. The fourth-order valence-electron chi connectivity index (χ4n) is 2.07. The number of hydrogen-bond acceptors (Lipinski definition) is 2. The minimum Gasteiger partial charge on any atom is -0.480 e. The molecule has 2 rings (SSSR count). The molecule has 102 valence electrons. The molecule has 0 radical (unpaired) electrons. The molecule has 0 spiro atoms. The molecule has 1 aliphatic carbocycles. The van der Waals surface area contributed by atoms with Crippen molar-refractivity contribution in [2.45, 2.75) is 38.8 Å². The summed E-state index contributed by atoms with van der Waals surface area (Å²) in [4.78, 5) is 24.7. The molecule has 0 aromatic heterocycles. The average Bonchev–Trinajstić information content (AvgIpc) is 3.16. The molecule has 1 fully saturated rings. The summed E-state index contributed by atoms with van der Waals surface area (Å²) in [5.74, 6) is -2.23. The number of carbonyl (C=O) groups is 2. The van der Waals surface area contributed by atoms with Gasteiger partial charge in [0.25, 0.3) is 5.91 Å². The number of halogens is 1. The second kappa shape index (κ2) is 4.99. The van der Waals surface area contributed by atoms with Gasteiger partial charge in [-0.05, 0) is 38.8 Å². The zero-order valence-electron chi connectivity index (χ0n) is 10.9. The summed E-state index contributed by atoms with van der Waals surface area (Å²) < 4.78 is 13.7. The van der Waals surface area contributed by atoms with Crippen molar-refractivity contribution >= 4 is 11.9 Å². The summed E-state index contributed by atoms with van der Waals surface area (Å²) in [6.45, 7) is 3.21. The smallest absolute Gasteiger partial charge is 0.326 e. The highest BCUT2D eigenvalue weighted by atomic mass is 19.1. The summed E-state index contributed by atoms with van der Waals surface area (Å²) in [6, 6.07) is 3.24. The number of aryl methyl sites for hydroxylation is 1. The Morgan fingerprint density at radius 3 is 2.58 bits per heavy atom. The number of nitrogens with zero attached hydrogens (tertiary/aromatic N) is 1. The first-order chi connectivity index (χ1) is 8.91. The van der Waals surface area contributed by atoms with Crippen LogP contribution in [0.3, 0.4) is 0 Å². The SMILES string of the molecule is Cc1ccc(F)c(C(=O)N(C2CC2)C(C)C(=O)O)c1. The standard InChI is InChI=1S/C14H16FNO3/c1-8-3-6-12(15)11(7-8)13(17)16(10-4-5-10)9(2)14(18)19/h3,6-7,9-10H,4-5H2,1-2H3,(H,18,19). The van der Waals surface area contributed by atoms with Crippen LogP contribution in [-0.4, -0.2) is 34.0 Å². The van der Waals surface area contributed by atoms with Crippen LogP contribution in [0.5, 0.6) is 0 Å². The lowest BCUT2D eigenvalue weighted by atomic mass is 10.1.